The summed E-state index contributed by atoms with van der Waals surface area (Å²) in [4.78, 5) is 6.92. The summed E-state index contributed by atoms with van der Waals surface area (Å²) in [5.41, 5.74) is 2.61. The van der Waals surface area contributed by atoms with Gasteiger partial charge in [0.25, 0.3) is 0 Å². The van der Waals surface area contributed by atoms with Crippen molar-refractivity contribution in [1.82, 2.24) is 4.98 Å². The Morgan fingerprint density at radius 2 is 2.22 bits per heavy atom. The molecule has 1 aromatic rings. The molecule has 3 N–H and O–H groups in total. The molecule has 0 radical (unpaired) electrons. The van der Waals surface area contributed by atoms with Gasteiger partial charge in [-0.1, -0.05) is 18.9 Å². The summed E-state index contributed by atoms with van der Waals surface area (Å²) < 4.78 is 5.88. The van der Waals surface area contributed by atoms with Gasteiger partial charge in [0.15, 0.2) is 0 Å². The van der Waals surface area contributed by atoms with Gasteiger partial charge in [0, 0.05) is 6.54 Å². The van der Waals surface area contributed by atoms with Crippen molar-refractivity contribution < 1.29 is 4.74 Å². The van der Waals surface area contributed by atoms with Crippen molar-refractivity contribution in [2.45, 2.75) is 37.8 Å². The van der Waals surface area contributed by atoms with Crippen LogP contribution in [0.25, 0.3) is 0 Å². The van der Waals surface area contributed by atoms with Gasteiger partial charge in [0.1, 0.15) is 11.6 Å². The summed E-state index contributed by atoms with van der Waals surface area (Å²) in [6, 6.07) is 6.40. The van der Waals surface area contributed by atoms with Crippen LogP contribution in [0.3, 0.4) is 0 Å². The molecule has 1 saturated heterocycles. The second-order valence-electron chi connectivity index (χ2n) is 4.98. The summed E-state index contributed by atoms with van der Waals surface area (Å²) in [7, 11) is 0. The lowest BCUT2D eigenvalue weighted by Crippen LogP contribution is -2.53. The fraction of sp³-hybridized carbons (Fsp3) is 0.615. The molecule has 2 aliphatic rings. The van der Waals surface area contributed by atoms with E-state index >= 15 is 0 Å². The molecular formula is C13H20N4O. The number of aromatic nitrogens is 1. The number of nitrogens with two attached hydrogens (primary N) is 1. The molecule has 0 bridgehead atoms. The first-order valence-electron chi connectivity index (χ1n) is 6.70. The van der Waals surface area contributed by atoms with Crippen LogP contribution in [0.5, 0.6) is 0 Å². The highest BCUT2D eigenvalue weighted by molar-refractivity contribution is 5.47. The number of nitrogen functional groups attached to an aromatic ring is 1. The van der Waals surface area contributed by atoms with E-state index in [1.54, 1.807) is 0 Å². The Hall–Kier alpha value is -1.33. The van der Waals surface area contributed by atoms with Gasteiger partial charge in [0.05, 0.1) is 18.8 Å². The number of fused-ring (bicyclic) bond motifs is 1. The Balaban J connectivity index is 1.84. The zero-order valence-corrected chi connectivity index (χ0v) is 10.5. The minimum Gasteiger partial charge on any atom is -0.374 e. The molecule has 2 heterocycles. The molecule has 2 fully saturated rings. The predicted octanol–water partition coefficient (Wildman–Crippen LogP) is 1.52. The first kappa shape index (κ1) is 11.7. The molecule has 1 aromatic heterocycles. The fourth-order valence-corrected chi connectivity index (χ4v) is 3.04. The third-order valence-corrected chi connectivity index (χ3v) is 3.91. The molecule has 0 spiro atoms. The number of pyridine rings is 1. The maximum atomic E-state index is 5.88. The third-order valence-electron chi connectivity index (χ3n) is 3.91. The predicted molar refractivity (Wildman–Crippen MR) is 71.4 cm³/mol. The smallest absolute Gasteiger partial charge is 0.142 e. The maximum absolute atomic E-state index is 5.88. The van der Waals surface area contributed by atoms with Crippen molar-refractivity contribution in [3.8, 4) is 0 Å². The zero-order valence-electron chi connectivity index (χ0n) is 10.5. The van der Waals surface area contributed by atoms with Crippen molar-refractivity contribution >= 4 is 11.6 Å². The highest BCUT2D eigenvalue weighted by Crippen LogP contribution is 2.31. The van der Waals surface area contributed by atoms with E-state index in [2.05, 4.69) is 21.4 Å². The van der Waals surface area contributed by atoms with Gasteiger partial charge in [-0.2, -0.15) is 0 Å². The van der Waals surface area contributed by atoms with Crippen molar-refractivity contribution in [2.75, 3.05) is 23.5 Å². The van der Waals surface area contributed by atoms with Crippen LogP contribution in [0, 0.1) is 0 Å². The van der Waals surface area contributed by atoms with E-state index in [-0.39, 0.29) is 0 Å². The Morgan fingerprint density at radius 3 is 3.11 bits per heavy atom. The van der Waals surface area contributed by atoms with Crippen LogP contribution >= 0.6 is 0 Å². The minimum atomic E-state index is 0.379. The Bertz CT molecular complexity index is 410. The molecule has 98 valence electrons. The first-order valence-corrected chi connectivity index (χ1v) is 6.70. The van der Waals surface area contributed by atoms with Crippen LogP contribution in [0.1, 0.15) is 25.7 Å². The number of hydrogen-bond acceptors (Lipinski definition) is 5. The second-order valence-corrected chi connectivity index (χ2v) is 4.98. The van der Waals surface area contributed by atoms with Crippen LogP contribution in [0.4, 0.5) is 11.6 Å². The molecule has 2 unspecified atom stereocenters. The van der Waals surface area contributed by atoms with Crippen LogP contribution in [0.2, 0.25) is 0 Å². The summed E-state index contributed by atoms with van der Waals surface area (Å²) in [6.07, 6.45) is 5.33. The van der Waals surface area contributed by atoms with Crippen molar-refractivity contribution in [1.29, 1.82) is 0 Å². The van der Waals surface area contributed by atoms with E-state index < -0.39 is 0 Å². The number of rotatable bonds is 2. The molecule has 1 aliphatic carbocycles. The summed E-state index contributed by atoms with van der Waals surface area (Å²) in [5, 5.41) is 0. The number of nitrogens with one attached hydrogen (secondary N) is 1. The second kappa shape index (κ2) is 5.12. The Labute approximate surface area is 107 Å². The van der Waals surface area contributed by atoms with Crippen LogP contribution in [-0.2, 0) is 4.74 Å². The molecule has 5 nitrogen and oxygen atoms in total. The summed E-state index contributed by atoms with van der Waals surface area (Å²) in [6.45, 7) is 1.71. The molecule has 5 heteroatoms. The average molecular weight is 248 g/mol. The highest BCUT2D eigenvalue weighted by Gasteiger charge is 2.34. The van der Waals surface area contributed by atoms with Gasteiger partial charge < -0.3 is 15.1 Å². The normalized spacial score (nSPS) is 27.7. The topological polar surface area (TPSA) is 63.4 Å². The number of hydrazine groups is 1. The van der Waals surface area contributed by atoms with Gasteiger partial charge in [-0.15, -0.1) is 0 Å². The first-order chi connectivity index (χ1) is 8.88. The summed E-state index contributed by atoms with van der Waals surface area (Å²) >= 11 is 0. The fourth-order valence-electron chi connectivity index (χ4n) is 3.04. The third kappa shape index (κ3) is 2.15. The van der Waals surface area contributed by atoms with Gasteiger partial charge in [-0.3, -0.25) is 0 Å². The number of anilines is 2. The van der Waals surface area contributed by atoms with Gasteiger partial charge >= 0.3 is 0 Å². The summed E-state index contributed by atoms with van der Waals surface area (Å²) in [5.74, 6) is 7.14. The van der Waals surface area contributed by atoms with E-state index in [1.807, 2.05) is 12.1 Å². The molecule has 3 rings (SSSR count). The molecule has 1 aliphatic heterocycles. The maximum Gasteiger partial charge on any atom is 0.142 e. The quantitative estimate of drug-likeness (QED) is 0.613. The average Bonchev–Trinajstić information content (AvgIpc) is 2.47. The lowest BCUT2D eigenvalue weighted by Gasteiger charge is -2.44. The zero-order chi connectivity index (χ0) is 12.4. The lowest BCUT2D eigenvalue weighted by molar-refractivity contribution is -0.00897. The molecular weight excluding hydrogens is 228 g/mol. The van der Waals surface area contributed by atoms with E-state index in [4.69, 9.17) is 10.6 Å². The molecule has 18 heavy (non-hydrogen) atoms. The Morgan fingerprint density at radius 1 is 1.33 bits per heavy atom. The number of hydrogen-bond donors (Lipinski definition) is 2. The van der Waals surface area contributed by atoms with Gasteiger partial charge in [-0.25, -0.2) is 10.8 Å². The van der Waals surface area contributed by atoms with E-state index in [1.165, 1.54) is 25.7 Å². The van der Waals surface area contributed by atoms with Crippen LogP contribution < -0.4 is 16.2 Å². The van der Waals surface area contributed by atoms with Gasteiger partial charge in [0.2, 0.25) is 0 Å². The number of nitrogens with zero attached hydrogens (tertiary/aromatic N) is 2. The van der Waals surface area contributed by atoms with E-state index in [0.717, 1.165) is 19.0 Å². The van der Waals surface area contributed by atoms with Gasteiger partial charge in [-0.05, 0) is 25.0 Å². The lowest BCUT2D eigenvalue weighted by atomic mass is 9.90. The van der Waals surface area contributed by atoms with Crippen molar-refractivity contribution in [3.05, 3.63) is 18.2 Å². The van der Waals surface area contributed by atoms with E-state index in [9.17, 15) is 0 Å². The number of ether oxygens (including phenoxy) is 1. The Kier molecular flexibility index (Phi) is 3.34. The van der Waals surface area contributed by atoms with Crippen molar-refractivity contribution in [2.24, 2.45) is 5.84 Å². The highest BCUT2D eigenvalue weighted by atomic mass is 16.5. The SMILES string of the molecule is NNc1cccc(N2CCOC3CCCCC32)n1. The van der Waals surface area contributed by atoms with E-state index in [0.29, 0.717) is 18.0 Å². The monoisotopic (exact) mass is 248 g/mol. The standard InChI is InChI=1S/C13H20N4O/c14-16-12-6-3-7-13(15-12)17-8-9-18-11-5-2-1-4-10(11)17/h3,6-7,10-11H,1-2,4-5,8-9,14H2,(H,15,16). The minimum absolute atomic E-state index is 0.379. The largest absolute Gasteiger partial charge is 0.374 e. The molecule has 1 saturated carbocycles. The molecule has 0 aromatic carbocycles. The molecule has 0 amide bonds. The van der Waals surface area contributed by atoms with Crippen molar-refractivity contribution in [3.63, 3.8) is 0 Å². The van der Waals surface area contributed by atoms with Crippen LogP contribution in [0.15, 0.2) is 18.2 Å². The molecule has 2 atom stereocenters. The number of morpholine rings is 1. The van der Waals surface area contributed by atoms with Crippen LogP contribution in [-0.4, -0.2) is 30.3 Å².